The summed E-state index contributed by atoms with van der Waals surface area (Å²) in [5, 5.41) is 0. The molecule has 3 aromatic rings. The molecule has 0 bridgehead atoms. The maximum Gasteiger partial charge on any atom is 0.250 e. The van der Waals surface area contributed by atoms with Crippen molar-refractivity contribution in [2.75, 3.05) is 6.54 Å². The first-order valence-electron chi connectivity index (χ1n) is 7.48. The number of sulfonamides is 1. The smallest absolute Gasteiger partial charge is 0.250 e. The monoisotopic (exact) mass is 349 g/mol. The third-order valence-corrected chi connectivity index (χ3v) is 6.93. The van der Waals surface area contributed by atoms with Gasteiger partial charge in [0.05, 0.1) is 17.4 Å². The molecule has 0 unspecified atom stereocenters. The second-order valence-corrected chi connectivity index (χ2v) is 8.56. The second-order valence-electron chi connectivity index (χ2n) is 5.40. The normalized spacial score (nSPS) is 12.1. The molecule has 23 heavy (non-hydrogen) atoms. The van der Waals surface area contributed by atoms with Crippen molar-refractivity contribution in [1.82, 2.24) is 14.3 Å². The van der Waals surface area contributed by atoms with Gasteiger partial charge in [-0.1, -0.05) is 13.0 Å². The van der Waals surface area contributed by atoms with E-state index in [-0.39, 0.29) is 0 Å². The molecular formula is C16H19N3O2S2. The van der Waals surface area contributed by atoms with E-state index in [0.717, 1.165) is 27.9 Å². The SMILES string of the molecule is CCc1ccc(S(=O)(=O)NCCc2ccc3c(c2)ncn3C)s1. The largest absolute Gasteiger partial charge is 0.334 e. The lowest BCUT2D eigenvalue weighted by atomic mass is 10.1. The zero-order chi connectivity index (χ0) is 16.4. The first kappa shape index (κ1) is 16.2. The molecule has 7 heteroatoms. The van der Waals surface area contributed by atoms with Crippen LogP contribution < -0.4 is 4.72 Å². The zero-order valence-electron chi connectivity index (χ0n) is 13.1. The molecular weight excluding hydrogens is 330 g/mol. The molecule has 0 spiro atoms. The van der Waals surface area contributed by atoms with Crippen LogP contribution in [0.1, 0.15) is 17.4 Å². The van der Waals surface area contributed by atoms with Crippen LogP contribution >= 0.6 is 11.3 Å². The fourth-order valence-electron chi connectivity index (χ4n) is 2.43. The van der Waals surface area contributed by atoms with Crippen LogP contribution in [0.4, 0.5) is 0 Å². The van der Waals surface area contributed by atoms with E-state index in [1.54, 1.807) is 12.4 Å². The lowest BCUT2D eigenvalue weighted by molar-refractivity contribution is 0.584. The van der Waals surface area contributed by atoms with Crippen LogP contribution in [0.15, 0.2) is 40.9 Å². The number of nitrogens with zero attached hydrogens (tertiary/aromatic N) is 2. The first-order valence-corrected chi connectivity index (χ1v) is 9.78. The Morgan fingerprint density at radius 1 is 1.26 bits per heavy atom. The molecule has 0 fully saturated rings. The van der Waals surface area contributed by atoms with Crippen molar-refractivity contribution in [3.63, 3.8) is 0 Å². The molecule has 5 nitrogen and oxygen atoms in total. The average Bonchev–Trinajstić information content (AvgIpc) is 3.15. The summed E-state index contributed by atoms with van der Waals surface area (Å²) in [6.07, 6.45) is 3.27. The molecule has 0 aliphatic carbocycles. The summed E-state index contributed by atoms with van der Waals surface area (Å²) in [6, 6.07) is 9.57. The Balaban J connectivity index is 1.65. The molecule has 0 amide bonds. The predicted octanol–water partition coefficient (Wildman–Crippen LogP) is 2.72. The summed E-state index contributed by atoms with van der Waals surface area (Å²) in [4.78, 5) is 5.40. The summed E-state index contributed by atoms with van der Waals surface area (Å²) in [5.41, 5.74) is 3.07. The van der Waals surface area contributed by atoms with Crippen LogP contribution in [0.3, 0.4) is 0 Å². The fraction of sp³-hybridized carbons (Fsp3) is 0.312. The van der Waals surface area contributed by atoms with Crippen molar-refractivity contribution < 1.29 is 8.42 Å². The number of aromatic nitrogens is 2. The molecule has 3 rings (SSSR count). The number of fused-ring (bicyclic) bond motifs is 1. The number of rotatable bonds is 6. The summed E-state index contributed by atoms with van der Waals surface area (Å²) >= 11 is 1.33. The molecule has 2 aromatic heterocycles. The Labute approximate surface area is 140 Å². The molecule has 122 valence electrons. The molecule has 0 aliphatic rings. The van der Waals surface area contributed by atoms with E-state index in [1.807, 2.05) is 42.8 Å². The summed E-state index contributed by atoms with van der Waals surface area (Å²) in [6.45, 7) is 2.39. The van der Waals surface area contributed by atoms with Gasteiger partial charge in [-0.05, 0) is 42.7 Å². The van der Waals surface area contributed by atoms with Gasteiger partial charge in [-0.3, -0.25) is 0 Å². The van der Waals surface area contributed by atoms with Crippen LogP contribution in [-0.2, 0) is 29.9 Å². The standard InChI is InChI=1S/C16H19N3O2S2/c1-3-13-5-7-16(22-13)23(20,21)18-9-8-12-4-6-15-14(10-12)17-11-19(15)2/h4-7,10-11,18H,3,8-9H2,1-2H3. The molecule has 2 heterocycles. The van der Waals surface area contributed by atoms with Gasteiger partial charge in [0.1, 0.15) is 4.21 Å². The molecule has 0 atom stereocenters. The minimum Gasteiger partial charge on any atom is -0.334 e. The van der Waals surface area contributed by atoms with Gasteiger partial charge in [0.15, 0.2) is 0 Å². The molecule has 1 aromatic carbocycles. The number of nitrogens with one attached hydrogen (secondary N) is 1. The van der Waals surface area contributed by atoms with Gasteiger partial charge in [0.25, 0.3) is 0 Å². The second kappa shape index (κ2) is 6.43. The van der Waals surface area contributed by atoms with E-state index in [2.05, 4.69) is 9.71 Å². The number of aryl methyl sites for hydroxylation is 2. The van der Waals surface area contributed by atoms with Crippen LogP contribution in [0, 0.1) is 0 Å². The van der Waals surface area contributed by atoms with E-state index in [9.17, 15) is 8.42 Å². The average molecular weight is 349 g/mol. The maximum absolute atomic E-state index is 12.3. The summed E-state index contributed by atoms with van der Waals surface area (Å²) in [5.74, 6) is 0. The lowest BCUT2D eigenvalue weighted by Crippen LogP contribution is -2.25. The minimum atomic E-state index is -3.41. The van der Waals surface area contributed by atoms with Crippen molar-refractivity contribution >= 4 is 32.4 Å². The Morgan fingerprint density at radius 3 is 2.83 bits per heavy atom. The Morgan fingerprint density at radius 2 is 2.09 bits per heavy atom. The van der Waals surface area contributed by atoms with Crippen LogP contribution in [-0.4, -0.2) is 24.5 Å². The lowest BCUT2D eigenvalue weighted by Gasteiger charge is -2.05. The van der Waals surface area contributed by atoms with Gasteiger partial charge in [-0.25, -0.2) is 18.1 Å². The van der Waals surface area contributed by atoms with Gasteiger partial charge >= 0.3 is 0 Å². The topological polar surface area (TPSA) is 64.0 Å². The third-order valence-electron chi connectivity index (χ3n) is 3.75. The predicted molar refractivity (Wildman–Crippen MR) is 93.3 cm³/mol. The third kappa shape index (κ3) is 3.46. The number of hydrogen-bond acceptors (Lipinski definition) is 4. The number of thiophene rings is 1. The van der Waals surface area contributed by atoms with Crippen LogP contribution in [0.5, 0.6) is 0 Å². The van der Waals surface area contributed by atoms with Crippen molar-refractivity contribution in [3.8, 4) is 0 Å². The Hall–Kier alpha value is -1.70. The van der Waals surface area contributed by atoms with E-state index in [4.69, 9.17) is 0 Å². The summed E-state index contributed by atoms with van der Waals surface area (Å²) in [7, 11) is -1.46. The van der Waals surface area contributed by atoms with E-state index in [1.165, 1.54) is 11.3 Å². The van der Waals surface area contributed by atoms with Crippen LogP contribution in [0.25, 0.3) is 11.0 Å². The molecule has 0 aliphatic heterocycles. The van der Waals surface area contributed by atoms with Crippen molar-refractivity contribution in [3.05, 3.63) is 47.1 Å². The zero-order valence-corrected chi connectivity index (χ0v) is 14.7. The highest BCUT2D eigenvalue weighted by atomic mass is 32.2. The van der Waals surface area contributed by atoms with Crippen LogP contribution in [0.2, 0.25) is 0 Å². The molecule has 0 saturated heterocycles. The summed E-state index contributed by atoms with van der Waals surface area (Å²) < 4.78 is 29.5. The van der Waals surface area contributed by atoms with Gasteiger partial charge in [-0.15, -0.1) is 11.3 Å². The quantitative estimate of drug-likeness (QED) is 0.744. The van der Waals surface area contributed by atoms with E-state index < -0.39 is 10.0 Å². The highest BCUT2D eigenvalue weighted by molar-refractivity contribution is 7.91. The van der Waals surface area contributed by atoms with Gasteiger partial charge in [0.2, 0.25) is 10.0 Å². The van der Waals surface area contributed by atoms with Crippen molar-refractivity contribution in [2.24, 2.45) is 7.05 Å². The van der Waals surface area contributed by atoms with Gasteiger partial charge in [-0.2, -0.15) is 0 Å². The number of imidazole rings is 1. The van der Waals surface area contributed by atoms with Gasteiger partial charge in [0, 0.05) is 18.5 Å². The van der Waals surface area contributed by atoms with E-state index in [0.29, 0.717) is 17.2 Å². The Kier molecular flexibility index (Phi) is 4.52. The number of benzene rings is 1. The van der Waals surface area contributed by atoms with Gasteiger partial charge < -0.3 is 4.57 Å². The van der Waals surface area contributed by atoms with Crippen molar-refractivity contribution in [2.45, 2.75) is 24.0 Å². The molecule has 1 N–H and O–H groups in total. The van der Waals surface area contributed by atoms with Crippen molar-refractivity contribution in [1.29, 1.82) is 0 Å². The highest BCUT2D eigenvalue weighted by Crippen LogP contribution is 2.21. The molecule has 0 radical (unpaired) electrons. The minimum absolute atomic E-state index is 0.375. The molecule has 0 saturated carbocycles. The fourth-order valence-corrected chi connectivity index (χ4v) is 4.80. The number of hydrogen-bond donors (Lipinski definition) is 1. The highest BCUT2D eigenvalue weighted by Gasteiger charge is 2.15. The van der Waals surface area contributed by atoms with E-state index >= 15 is 0 Å². The Bertz CT molecular complexity index is 926. The first-order chi connectivity index (χ1) is 11.0. The maximum atomic E-state index is 12.3.